The van der Waals surface area contributed by atoms with Crippen LogP contribution in [0.25, 0.3) is 11.4 Å². The standard InChI is InChI=1S/C17H25FN6O2S/c1-11(2)14-9-15(23(3)22-14)16-13(18)10-19-17(21-16)20-12-5-7-24(8-6-12)27(4,25)26/h9-12H,5-8H2,1-4H3,(H,19,20,21). The topological polar surface area (TPSA) is 93.0 Å². The zero-order valence-electron chi connectivity index (χ0n) is 16.0. The highest BCUT2D eigenvalue weighted by atomic mass is 32.2. The second-order valence-corrected chi connectivity index (χ2v) is 9.19. The molecule has 0 saturated carbocycles. The van der Waals surface area contributed by atoms with Gasteiger partial charge in [-0.2, -0.15) is 5.10 Å². The molecule has 0 aromatic carbocycles. The number of aromatic nitrogens is 4. The molecule has 8 nitrogen and oxygen atoms in total. The van der Waals surface area contributed by atoms with E-state index >= 15 is 0 Å². The molecule has 0 unspecified atom stereocenters. The van der Waals surface area contributed by atoms with E-state index in [0.717, 1.165) is 11.9 Å². The van der Waals surface area contributed by atoms with E-state index in [-0.39, 0.29) is 17.7 Å². The molecular weight excluding hydrogens is 371 g/mol. The first-order valence-electron chi connectivity index (χ1n) is 8.93. The molecule has 0 atom stereocenters. The fourth-order valence-corrected chi connectivity index (χ4v) is 4.00. The van der Waals surface area contributed by atoms with Gasteiger partial charge in [0.2, 0.25) is 16.0 Å². The molecule has 0 bridgehead atoms. The van der Waals surface area contributed by atoms with Crippen molar-refractivity contribution < 1.29 is 12.8 Å². The lowest BCUT2D eigenvalue weighted by Crippen LogP contribution is -2.42. The molecule has 2 aromatic rings. The minimum atomic E-state index is -3.17. The molecule has 0 radical (unpaired) electrons. The smallest absolute Gasteiger partial charge is 0.223 e. The summed E-state index contributed by atoms with van der Waals surface area (Å²) in [6.45, 7) is 4.95. The van der Waals surface area contributed by atoms with Gasteiger partial charge in [-0.25, -0.2) is 27.1 Å². The van der Waals surface area contributed by atoms with E-state index in [1.807, 2.05) is 19.9 Å². The van der Waals surface area contributed by atoms with Crippen LogP contribution in [0.15, 0.2) is 12.3 Å². The molecule has 0 amide bonds. The Morgan fingerprint density at radius 3 is 2.52 bits per heavy atom. The molecule has 148 valence electrons. The van der Waals surface area contributed by atoms with Crippen molar-refractivity contribution in [2.75, 3.05) is 24.7 Å². The highest BCUT2D eigenvalue weighted by Gasteiger charge is 2.25. The summed E-state index contributed by atoms with van der Waals surface area (Å²) in [5, 5.41) is 7.61. The number of anilines is 1. The molecular formula is C17H25FN6O2S. The van der Waals surface area contributed by atoms with Gasteiger partial charge >= 0.3 is 0 Å². The molecule has 0 aliphatic carbocycles. The molecule has 1 saturated heterocycles. The summed E-state index contributed by atoms with van der Waals surface area (Å²) in [5.74, 6) is 0.0507. The quantitative estimate of drug-likeness (QED) is 0.831. The van der Waals surface area contributed by atoms with E-state index in [1.54, 1.807) is 11.7 Å². The lowest BCUT2D eigenvalue weighted by molar-refractivity contribution is 0.331. The first-order valence-corrected chi connectivity index (χ1v) is 10.8. The Labute approximate surface area is 158 Å². The third-order valence-corrected chi connectivity index (χ3v) is 6.04. The van der Waals surface area contributed by atoms with Crippen LogP contribution < -0.4 is 5.32 Å². The maximum atomic E-state index is 14.3. The molecule has 27 heavy (non-hydrogen) atoms. The molecule has 3 heterocycles. The number of rotatable bonds is 5. The Morgan fingerprint density at radius 1 is 1.30 bits per heavy atom. The first-order chi connectivity index (χ1) is 12.6. The predicted octanol–water partition coefficient (Wildman–Crippen LogP) is 1.98. The van der Waals surface area contributed by atoms with Crippen LogP contribution in [0.1, 0.15) is 38.3 Å². The van der Waals surface area contributed by atoms with Gasteiger partial charge in [-0.1, -0.05) is 13.8 Å². The van der Waals surface area contributed by atoms with Crippen LogP contribution in [-0.2, 0) is 17.1 Å². The molecule has 1 aliphatic heterocycles. The molecule has 1 N–H and O–H groups in total. The minimum absolute atomic E-state index is 0.0408. The number of nitrogens with one attached hydrogen (secondary N) is 1. The van der Waals surface area contributed by atoms with Crippen LogP contribution in [0, 0.1) is 5.82 Å². The predicted molar refractivity (Wildman–Crippen MR) is 101 cm³/mol. The van der Waals surface area contributed by atoms with Gasteiger partial charge in [0.1, 0.15) is 5.69 Å². The number of hydrogen-bond donors (Lipinski definition) is 1. The van der Waals surface area contributed by atoms with Crippen LogP contribution in [0.5, 0.6) is 0 Å². The molecule has 3 rings (SSSR count). The molecule has 2 aromatic heterocycles. The number of hydrogen-bond acceptors (Lipinski definition) is 6. The Bertz CT molecular complexity index is 920. The Hall–Kier alpha value is -2.07. The van der Waals surface area contributed by atoms with Crippen LogP contribution in [0.2, 0.25) is 0 Å². The van der Waals surface area contributed by atoms with Crippen LogP contribution in [-0.4, -0.2) is 57.9 Å². The Kier molecular flexibility index (Phi) is 5.48. The van der Waals surface area contributed by atoms with Gasteiger partial charge in [0.15, 0.2) is 5.82 Å². The van der Waals surface area contributed by atoms with Crippen molar-refractivity contribution in [1.82, 2.24) is 24.1 Å². The largest absolute Gasteiger partial charge is 0.351 e. The summed E-state index contributed by atoms with van der Waals surface area (Å²) >= 11 is 0. The zero-order valence-corrected chi connectivity index (χ0v) is 16.8. The average Bonchev–Trinajstić information content (AvgIpc) is 2.98. The van der Waals surface area contributed by atoms with E-state index in [0.29, 0.717) is 37.6 Å². The van der Waals surface area contributed by atoms with Gasteiger partial charge in [-0.15, -0.1) is 0 Å². The van der Waals surface area contributed by atoms with Crippen LogP contribution >= 0.6 is 0 Å². The number of sulfonamides is 1. The summed E-state index contributed by atoms with van der Waals surface area (Å²) < 4.78 is 40.6. The van der Waals surface area contributed by atoms with Gasteiger partial charge in [0, 0.05) is 26.2 Å². The normalized spacial score (nSPS) is 16.8. The first kappa shape index (κ1) is 19.7. The van der Waals surface area contributed by atoms with E-state index in [4.69, 9.17) is 0 Å². The number of nitrogens with zero attached hydrogens (tertiary/aromatic N) is 5. The molecule has 0 spiro atoms. The fraction of sp³-hybridized carbons (Fsp3) is 0.588. The molecule has 1 aliphatic rings. The number of piperidine rings is 1. The second-order valence-electron chi connectivity index (χ2n) is 7.20. The van der Waals surface area contributed by atoms with Gasteiger partial charge in [-0.3, -0.25) is 4.68 Å². The van der Waals surface area contributed by atoms with Crippen molar-refractivity contribution in [1.29, 1.82) is 0 Å². The maximum Gasteiger partial charge on any atom is 0.223 e. The lowest BCUT2D eigenvalue weighted by atomic mass is 10.1. The molecule has 1 fully saturated rings. The third kappa shape index (κ3) is 4.44. The lowest BCUT2D eigenvalue weighted by Gasteiger charge is -2.30. The Morgan fingerprint density at radius 2 is 1.96 bits per heavy atom. The van der Waals surface area contributed by atoms with Gasteiger partial charge in [0.05, 0.1) is 23.8 Å². The van der Waals surface area contributed by atoms with Gasteiger partial charge in [-0.05, 0) is 24.8 Å². The zero-order chi connectivity index (χ0) is 19.8. The minimum Gasteiger partial charge on any atom is -0.351 e. The van der Waals surface area contributed by atoms with Crippen molar-refractivity contribution >= 4 is 16.0 Å². The van der Waals surface area contributed by atoms with E-state index in [1.165, 1.54) is 10.6 Å². The highest BCUT2D eigenvalue weighted by molar-refractivity contribution is 7.88. The second kappa shape index (κ2) is 7.51. The monoisotopic (exact) mass is 396 g/mol. The van der Waals surface area contributed by atoms with Crippen molar-refractivity contribution in [3.8, 4) is 11.4 Å². The average molecular weight is 396 g/mol. The summed E-state index contributed by atoms with van der Waals surface area (Å²) in [5.41, 5.74) is 1.66. The van der Waals surface area contributed by atoms with Crippen molar-refractivity contribution in [2.45, 2.75) is 38.6 Å². The molecule has 10 heteroatoms. The number of halogens is 1. The van der Waals surface area contributed by atoms with E-state index in [9.17, 15) is 12.8 Å². The van der Waals surface area contributed by atoms with E-state index in [2.05, 4.69) is 20.4 Å². The summed E-state index contributed by atoms with van der Waals surface area (Å²) in [6.07, 6.45) is 3.66. The maximum absolute atomic E-state index is 14.3. The highest BCUT2D eigenvalue weighted by Crippen LogP contribution is 2.25. The van der Waals surface area contributed by atoms with Crippen molar-refractivity contribution in [3.63, 3.8) is 0 Å². The summed E-state index contributed by atoms with van der Waals surface area (Å²) in [7, 11) is -1.40. The Balaban J connectivity index is 1.77. The van der Waals surface area contributed by atoms with Crippen molar-refractivity contribution in [3.05, 3.63) is 23.8 Å². The fourth-order valence-electron chi connectivity index (χ4n) is 3.12. The van der Waals surface area contributed by atoms with Crippen LogP contribution in [0.3, 0.4) is 0 Å². The summed E-state index contributed by atoms with van der Waals surface area (Å²) in [4.78, 5) is 8.39. The van der Waals surface area contributed by atoms with Gasteiger partial charge < -0.3 is 5.32 Å². The number of aryl methyl sites for hydroxylation is 1. The summed E-state index contributed by atoms with van der Waals surface area (Å²) in [6, 6.07) is 1.88. The SMILES string of the molecule is CC(C)c1cc(-c2nc(NC3CCN(S(C)(=O)=O)CC3)ncc2F)n(C)n1. The van der Waals surface area contributed by atoms with Gasteiger partial charge in [0.25, 0.3) is 0 Å². The van der Waals surface area contributed by atoms with E-state index < -0.39 is 15.8 Å². The van der Waals surface area contributed by atoms with Crippen molar-refractivity contribution in [2.24, 2.45) is 7.05 Å². The third-order valence-electron chi connectivity index (χ3n) is 4.73. The van der Waals surface area contributed by atoms with Crippen LogP contribution in [0.4, 0.5) is 10.3 Å².